The van der Waals surface area contributed by atoms with Crippen molar-refractivity contribution in [2.45, 2.75) is 18.0 Å². The van der Waals surface area contributed by atoms with Gasteiger partial charge in [-0.2, -0.15) is 18.3 Å². The fourth-order valence-electron chi connectivity index (χ4n) is 3.41. The van der Waals surface area contributed by atoms with Crippen LogP contribution in [0.15, 0.2) is 54.9 Å². The predicted octanol–water partition coefficient (Wildman–Crippen LogP) is 4.94. The number of aliphatic hydroxyl groups excluding tert-OH is 1. The molecule has 0 saturated heterocycles. The summed E-state index contributed by atoms with van der Waals surface area (Å²) in [5, 5.41) is 17.4. The van der Waals surface area contributed by atoms with E-state index in [1.165, 1.54) is 0 Å². The standard InChI is InChI=1S/C20H18F3N3O2S/c21-20(22,23)29-26-17-4-2-1-3-15(17)13-5-6-16-18(8-13)28-11-14(19(16)27)7-12-9-24-25-10-12/h1-6,8-10,14,19,26-27H,7,11H2,(H,24,25). The van der Waals surface area contributed by atoms with Crippen molar-refractivity contribution in [2.24, 2.45) is 5.92 Å². The highest BCUT2D eigenvalue weighted by molar-refractivity contribution is 8.01. The van der Waals surface area contributed by atoms with Crippen molar-refractivity contribution in [1.29, 1.82) is 0 Å². The maximum atomic E-state index is 12.6. The smallest absolute Gasteiger partial charge is 0.461 e. The number of anilines is 1. The van der Waals surface area contributed by atoms with Crippen LogP contribution in [0.5, 0.6) is 5.75 Å². The maximum Gasteiger partial charge on any atom is 0.461 e. The summed E-state index contributed by atoms with van der Waals surface area (Å²) < 4.78 is 45.9. The van der Waals surface area contributed by atoms with Gasteiger partial charge in [0.15, 0.2) is 0 Å². The van der Waals surface area contributed by atoms with Crippen LogP contribution < -0.4 is 9.46 Å². The Kier molecular flexibility index (Phi) is 5.42. The number of aromatic amines is 1. The van der Waals surface area contributed by atoms with Crippen LogP contribution in [-0.2, 0) is 6.42 Å². The number of alkyl halides is 3. The zero-order valence-corrected chi connectivity index (χ0v) is 15.9. The number of H-pyrrole nitrogens is 1. The van der Waals surface area contributed by atoms with E-state index in [4.69, 9.17) is 4.74 Å². The van der Waals surface area contributed by atoms with Crippen molar-refractivity contribution >= 4 is 17.6 Å². The Bertz CT molecular complexity index is 979. The van der Waals surface area contributed by atoms with Gasteiger partial charge in [-0.15, -0.1) is 0 Å². The monoisotopic (exact) mass is 421 g/mol. The zero-order chi connectivity index (χ0) is 20.4. The predicted molar refractivity (Wildman–Crippen MR) is 105 cm³/mol. The molecule has 152 valence electrons. The largest absolute Gasteiger partial charge is 0.493 e. The first-order valence-electron chi connectivity index (χ1n) is 8.93. The topological polar surface area (TPSA) is 70.2 Å². The molecule has 4 rings (SSSR count). The van der Waals surface area contributed by atoms with Crippen molar-refractivity contribution in [1.82, 2.24) is 10.2 Å². The fourth-order valence-corrected chi connectivity index (χ4v) is 3.82. The number of aliphatic hydroxyl groups is 1. The molecule has 29 heavy (non-hydrogen) atoms. The van der Waals surface area contributed by atoms with Gasteiger partial charge in [0.05, 0.1) is 36.5 Å². The zero-order valence-electron chi connectivity index (χ0n) is 15.1. The Hall–Kier alpha value is -2.65. The minimum absolute atomic E-state index is 0.108. The summed E-state index contributed by atoms with van der Waals surface area (Å²) in [5.41, 5.74) is -1.06. The highest BCUT2D eigenvalue weighted by Gasteiger charge is 2.31. The minimum atomic E-state index is -4.39. The highest BCUT2D eigenvalue weighted by atomic mass is 32.2. The molecule has 0 saturated carbocycles. The molecule has 0 radical (unpaired) electrons. The number of ether oxygens (including phenoxy) is 1. The lowest BCUT2D eigenvalue weighted by Crippen LogP contribution is -2.27. The number of hydrogen-bond donors (Lipinski definition) is 3. The van der Waals surface area contributed by atoms with Crippen molar-refractivity contribution in [2.75, 3.05) is 11.3 Å². The Morgan fingerprint density at radius 2 is 2.07 bits per heavy atom. The van der Waals surface area contributed by atoms with E-state index in [2.05, 4.69) is 14.9 Å². The van der Waals surface area contributed by atoms with E-state index in [0.717, 1.165) is 5.56 Å². The first-order valence-corrected chi connectivity index (χ1v) is 9.75. The van der Waals surface area contributed by atoms with Crippen molar-refractivity contribution < 1.29 is 23.0 Å². The van der Waals surface area contributed by atoms with Crippen molar-refractivity contribution in [3.05, 3.63) is 66.0 Å². The number of rotatable bonds is 5. The van der Waals surface area contributed by atoms with Gasteiger partial charge in [0, 0.05) is 23.2 Å². The van der Waals surface area contributed by atoms with Gasteiger partial charge in [0.2, 0.25) is 0 Å². The summed E-state index contributed by atoms with van der Waals surface area (Å²) in [7, 11) is 0. The van der Waals surface area contributed by atoms with E-state index in [1.807, 2.05) is 0 Å². The lowest BCUT2D eigenvalue weighted by molar-refractivity contribution is -0.0323. The number of halogens is 3. The van der Waals surface area contributed by atoms with Crippen LogP contribution in [0.3, 0.4) is 0 Å². The van der Waals surface area contributed by atoms with E-state index in [0.29, 0.717) is 41.2 Å². The Morgan fingerprint density at radius 1 is 1.24 bits per heavy atom. The summed E-state index contributed by atoms with van der Waals surface area (Å²) in [6.07, 6.45) is 3.43. The molecular weight excluding hydrogens is 403 g/mol. The quantitative estimate of drug-likeness (QED) is 0.509. The maximum absolute atomic E-state index is 12.6. The number of nitrogens with zero attached hydrogens (tertiary/aromatic N) is 1. The van der Waals surface area contributed by atoms with Gasteiger partial charge in [-0.3, -0.25) is 5.10 Å². The summed E-state index contributed by atoms with van der Waals surface area (Å²) in [4.78, 5) is 0. The van der Waals surface area contributed by atoms with E-state index >= 15 is 0 Å². The molecule has 2 atom stereocenters. The van der Waals surface area contributed by atoms with Crippen LogP contribution in [0.1, 0.15) is 17.2 Å². The first kappa shape index (κ1) is 19.7. The molecule has 1 aliphatic heterocycles. The van der Waals surface area contributed by atoms with E-state index in [9.17, 15) is 18.3 Å². The number of fused-ring (bicyclic) bond motifs is 1. The first-order chi connectivity index (χ1) is 13.9. The van der Waals surface area contributed by atoms with Crippen molar-refractivity contribution in [3.63, 3.8) is 0 Å². The summed E-state index contributed by atoms with van der Waals surface area (Å²) in [6.45, 7) is 0.340. The lowest BCUT2D eigenvalue weighted by atomic mass is 9.88. The van der Waals surface area contributed by atoms with E-state index < -0.39 is 11.6 Å². The van der Waals surface area contributed by atoms with Crippen LogP contribution in [0.2, 0.25) is 0 Å². The molecule has 3 N–H and O–H groups in total. The average molecular weight is 421 g/mol. The third kappa shape index (κ3) is 4.51. The van der Waals surface area contributed by atoms with Gasteiger partial charge in [-0.1, -0.05) is 30.3 Å². The molecule has 0 bridgehead atoms. The van der Waals surface area contributed by atoms with Gasteiger partial charge < -0.3 is 14.6 Å². The Balaban J connectivity index is 1.57. The molecule has 0 amide bonds. The van der Waals surface area contributed by atoms with E-state index in [1.54, 1.807) is 54.9 Å². The number of hydrogen-bond acceptors (Lipinski definition) is 5. The normalized spacial score (nSPS) is 18.8. The van der Waals surface area contributed by atoms with Crippen LogP contribution >= 0.6 is 11.9 Å². The van der Waals surface area contributed by atoms with Crippen LogP contribution in [-0.4, -0.2) is 27.4 Å². The summed E-state index contributed by atoms with van der Waals surface area (Å²) >= 11 is -0.302. The lowest BCUT2D eigenvalue weighted by Gasteiger charge is -2.30. The molecule has 0 fully saturated rings. The number of benzene rings is 2. The van der Waals surface area contributed by atoms with Crippen LogP contribution in [0.4, 0.5) is 18.9 Å². The molecule has 2 unspecified atom stereocenters. The molecule has 0 aliphatic carbocycles. The second-order valence-corrected chi connectivity index (χ2v) is 7.65. The van der Waals surface area contributed by atoms with Gasteiger partial charge in [-0.25, -0.2) is 0 Å². The second-order valence-electron chi connectivity index (χ2n) is 6.77. The number of para-hydroxylation sites is 1. The molecule has 0 spiro atoms. The third-order valence-corrected chi connectivity index (χ3v) is 5.35. The third-order valence-electron chi connectivity index (χ3n) is 4.80. The average Bonchev–Trinajstić information content (AvgIpc) is 3.21. The summed E-state index contributed by atoms with van der Waals surface area (Å²) in [6, 6.07) is 12.1. The Morgan fingerprint density at radius 3 is 2.83 bits per heavy atom. The highest BCUT2D eigenvalue weighted by Crippen LogP contribution is 2.41. The van der Waals surface area contributed by atoms with Gasteiger partial charge in [-0.05, 0) is 29.7 Å². The molecule has 5 nitrogen and oxygen atoms in total. The molecule has 3 aromatic rings. The van der Waals surface area contributed by atoms with Gasteiger partial charge in [0.25, 0.3) is 0 Å². The molecule has 9 heteroatoms. The number of aromatic nitrogens is 2. The van der Waals surface area contributed by atoms with Crippen LogP contribution in [0, 0.1) is 5.92 Å². The molecule has 1 aromatic heterocycles. The van der Waals surface area contributed by atoms with E-state index in [-0.39, 0.29) is 17.9 Å². The molecule has 1 aliphatic rings. The van der Waals surface area contributed by atoms with Crippen molar-refractivity contribution in [3.8, 4) is 16.9 Å². The van der Waals surface area contributed by atoms with Crippen LogP contribution in [0.25, 0.3) is 11.1 Å². The molecule has 2 aromatic carbocycles. The second kappa shape index (κ2) is 8.00. The fraction of sp³-hybridized carbons (Fsp3) is 0.250. The SMILES string of the molecule is OC1c2ccc(-c3ccccc3NSC(F)(F)F)cc2OCC1Cc1cn[nH]c1. The van der Waals surface area contributed by atoms with Gasteiger partial charge in [0.1, 0.15) is 5.75 Å². The Labute approximate surface area is 169 Å². The molecule has 2 heterocycles. The summed E-state index contributed by atoms with van der Waals surface area (Å²) in [5.74, 6) is 0.430. The minimum Gasteiger partial charge on any atom is -0.493 e. The molecular formula is C20H18F3N3O2S. The van der Waals surface area contributed by atoms with Gasteiger partial charge >= 0.3 is 5.51 Å². The number of nitrogens with one attached hydrogen (secondary N) is 2.